The average molecular weight is 225 g/mol. The first kappa shape index (κ1) is 12.1. The van der Waals surface area contributed by atoms with Crippen LogP contribution in [-0.4, -0.2) is 42.5 Å². The summed E-state index contributed by atoms with van der Waals surface area (Å²) in [6.45, 7) is 4.92. The highest BCUT2D eigenvalue weighted by Crippen LogP contribution is 2.33. The Bertz CT molecular complexity index is 226. The van der Waals surface area contributed by atoms with Gasteiger partial charge in [0, 0.05) is 38.1 Å². The second-order valence-electron chi connectivity index (χ2n) is 5.04. The van der Waals surface area contributed by atoms with Gasteiger partial charge in [-0.15, -0.1) is 0 Å². The highest BCUT2D eigenvalue weighted by Gasteiger charge is 2.39. The van der Waals surface area contributed by atoms with E-state index >= 15 is 0 Å². The Morgan fingerprint density at radius 2 is 1.94 bits per heavy atom. The van der Waals surface area contributed by atoms with Gasteiger partial charge in [0.15, 0.2) is 0 Å². The first-order valence-electron chi connectivity index (χ1n) is 6.66. The predicted octanol–water partition coefficient (Wildman–Crippen LogP) is 2.00. The van der Waals surface area contributed by atoms with E-state index in [1.165, 1.54) is 19.3 Å². The summed E-state index contributed by atoms with van der Waals surface area (Å²) in [6.07, 6.45) is 6.35. The Morgan fingerprint density at radius 1 is 1.25 bits per heavy atom. The molecular formula is C13H23NO2. The number of carbonyl (C=O) groups is 1. The Labute approximate surface area is 98.1 Å². The van der Waals surface area contributed by atoms with Crippen LogP contribution in [0.4, 0.5) is 0 Å². The molecule has 2 heterocycles. The van der Waals surface area contributed by atoms with E-state index in [4.69, 9.17) is 4.74 Å². The van der Waals surface area contributed by atoms with Gasteiger partial charge in [0.2, 0.25) is 0 Å². The second-order valence-corrected chi connectivity index (χ2v) is 5.04. The summed E-state index contributed by atoms with van der Waals surface area (Å²) in [6, 6.07) is 1.06. The molecule has 92 valence electrons. The lowest BCUT2D eigenvalue weighted by atomic mass is 10.0. The van der Waals surface area contributed by atoms with Crippen molar-refractivity contribution < 1.29 is 9.53 Å². The van der Waals surface area contributed by atoms with Crippen molar-refractivity contribution >= 4 is 5.78 Å². The first-order chi connectivity index (χ1) is 7.81. The molecule has 0 aliphatic carbocycles. The number of hydrogen-bond acceptors (Lipinski definition) is 3. The van der Waals surface area contributed by atoms with E-state index in [0.717, 1.165) is 39.0 Å². The van der Waals surface area contributed by atoms with E-state index in [0.29, 0.717) is 17.9 Å². The van der Waals surface area contributed by atoms with Gasteiger partial charge in [-0.25, -0.2) is 0 Å². The van der Waals surface area contributed by atoms with Gasteiger partial charge < -0.3 is 4.74 Å². The summed E-state index contributed by atoms with van der Waals surface area (Å²) >= 11 is 0. The number of nitrogens with zero attached hydrogens (tertiary/aromatic N) is 1. The van der Waals surface area contributed by atoms with Crippen molar-refractivity contribution in [2.75, 3.05) is 19.8 Å². The van der Waals surface area contributed by atoms with Crippen LogP contribution in [0.3, 0.4) is 0 Å². The smallest absolute Gasteiger partial charge is 0.136 e. The van der Waals surface area contributed by atoms with Crippen molar-refractivity contribution in [1.82, 2.24) is 4.90 Å². The average Bonchev–Trinajstić information content (AvgIpc) is 2.51. The number of unbranched alkanes of at least 4 members (excludes halogenated alkanes) is 1. The van der Waals surface area contributed by atoms with Gasteiger partial charge in [-0.2, -0.15) is 0 Å². The van der Waals surface area contributed by atoms with Gasteiger partial charge in [0.05, 0.1) is 6.61 Å². The molecule has 0 spiro atoms. The zero-order chi connectivity index (χ0) is 11.4. The molecule has 2 aliphatic rings. The molecule has 0 N–H and O–H groups in total. The molecular weight excluding hydrogens is 202 g/mol. The third-order valence-corrected chi connectivity index (χ3v) is 3.83. The maximum Gasteiger partial charge on any atom is 0.136 e. The third kappa shape index (κ3) is 2.83. The molecule has 3 heteroatoms. The maximum atomic E-state index is 11.4. The van der Waals surface area contributed by atoms with Crippen molar-refractivity contribution in [3.63, 3.8) is 0 Å². The van der Waals surface area contributed by atoms with Crippen LogP contribution in [0.15, 0.2) is 0 Å². The Hall–Kier alpha value is -0.410. The Balaban J connectivity index is 1.68. The minimum Gasteiger partial charge on any atom is -0.380 e. The lowest BCUT2D eigenvalue weighted by molar-refractivity contribution is -0.123. The minimum atomic E-state index is 0.468. The summed E-state index contributed by atoms with van der Waals surface area (Å²) in [7, 11) is 0. The molecule has 16 heavy (non-hydrogen) atoms. The normalized spacial score (nSPS) is 29.9. The van der Waals surface area contributed by atoms with Crippen LogP contribution >= 0.6 is 0 Å². The standard InChI is InChI=1S/C13H23NO2/c1-2-3-7-16-8-6-14-11-4-5-12(14)10-13(15)9-11/h11-12H,2-10H2,1H3. The summed E-state index contributed by atoms with van der Waals surface area (Å²) in [5, 5.41) is 0. The minimum absolute atomic E-state index is 0.468. The van der Waals surface area contributed by atoms with Crippen LogP contribution in [0.2, 0.25) is 0 Å². The number of fused-ring (bicyclic) bond motifs is 2. The number of carbonyl (C=O) groups excluding carboxylic acids is 1. The van der Waals surface area contributed by atoms with Crippen LogP contribution in [0.1, 0.15) is 45.4 Å². The van der Waals surface area contributed by atoms with Crippen LogP contribution in [0.25, 0.3) is 0 Å². The van der Waals surface area contributed by atoms with E-state index in [1.54, 1.807) is 0 Å². The molecule has 2 saturated heterocycles. The van der Waals surface area contributed by atoms with E-state index in [2.05, 4.69) is 11.8 Å². The van der Waals surface area contributed by atoms with Gasteiger partial charge in [0.25, 0.3) is 0 Å². The summed E-state index contributed by atoms with van der Waals surface area (Å²) in [4.78, 5) is 13.9. The molecule has 2 aliphatic heterocycles. The van der Waals surface area contributed by atoms with Crippen LogP contribution in [0.5, 0.6) is 0 Å². The molecule has 3 nitrogen and oxygen atoms in total. The fraction of sp³-hybridized carbons (Fsp3) is 0.923. The van der Waals surface area contributed by atoms with E-state index in [-0.39, 0.29) is 0 Å². The summed E-state index contributed by atoms with van der Waals surface area (Å²) < 4.78 is 5.60. The quantitative estimate of drug-likeness (QED) is 0.648. The fourth-order valence-corrected chi connectivity index (χ4v) is 2.95. The topological polar surface area (TPSA) is 29.5 Å². The van der Waals surface area contributed by atoms with Gasteiger partial charge in [-0.1, -0.05) is 13.3 Å². The van der Waals surface area contributed by atoms with Crippen molar-refractivity contribution in [2.45, 2.75) is 57.5 Å². The molecule has 0 amide bonds. The highest BCUT2D eigenvalue weighted by atomic mass is 16.5. The van der Waals surface area contributed by atoms with Gasteiger partial charge >= 0.3 is 0 Å². The van der Waals surface area contributed by atoms with Gasteiger partial charge in [0.1, 0.15) is 5.78 Å². The molecule has 0 radical (unpaired) electrons. The Kier molecular flexibility index (Phi) is 4.36. The monoisotopic (exact) mass is 225 g/mol. The van der Waals surface area contributed by atoms with Crippen LogP contribution in [0, 0.1) is 0 Å². The second kappa shape index (κ2) is 5.78. The molecule has 2 rings (SSSR count). The Morgan fingerprint density at radius 3 is 2.56 bits per heavy atom. The van der Waals surface area contributed by atoms with E-state index in [1.807, 2.05) is 0 Å². The lowest BCUT2D eigenvalue weighted by Crippen LogP contribution is -2.44. The molecule has 0 aromatic carbocycles. The highest BCUT2D eigenvalue weighted by molar-refractivity contribution is 5.80. The zero-order valence-electron chi connectivity index (χ0n) is 10.3. The predicted molar refractivity (Wildman–Crippen MR) is 63.5 cm³/mol. The largest absolute Gasteiger partial charge is 0.380 e. The molecule has 0 saturated carbocycles. The zero-order valence-corrected chi connectivity index (χ0v) is 10.3. The molecule has 0 aromatic rings. The summed E-state index contributed by atoms with van der Waals surface area (Å²) in [5.41, 5.74) is 0. The van der Waals surface area contributed by atoms with Crippen molar-refractivity contribution in [2.24, 2.45) is 0 Å². The van der Waals surface area contributed by atoms with Crippen molar-refractivity contribution in [3.8, 4) is 0 Å². The first-order valence-corrected chi connectivity index (χ1v) is 6.66. The molecule has 2 unspecified atom stereocenters. The molecule has 2 fully saturated rings. The molecule has 2 bridgehead atoms. The number of ether oxygens (including phenoxy) is 1. The van der Waals surface area contributed by atoms with Crippen molar-refractivity contribution in [1.29, 1.82) is 0 Å². The van der Waals surface area contributed by atoms with E-state index in [9.17, 15) is 4.79 Å². The number of piperidine rings is 1. The number of rotatable bonds is 6. The van der Waals surface area contributed by atoms with Crippen LogP contribution in [-0.2, 0) is 9.53 Å². The van der Waals surface area contributed by atoms with Crippen LogP contribution < -0.4 is 0 Å². The SMILES string of the molecule is CCCCOCCN1C2CCC1CC(=O)C2. The number of Topliss-reactive ketones (excluding diaryl/α,β-unsaturated/α-hetero) is 1. The number of hydrogen-bond donors (Lipinski definition) is 0. The fourth-order valence-electron chi connectivity index (χ4n) is 2.95. The van der Waals surface area contributed by atoms with Gasteiger partial charge in [-0.05, 0) is 19.3 Å². The molecule has 2 atom stereocenters. The van der Waals surface area contributed by atoms with Crippen molar-refractivity contribution in [3.05, 3.63) is 0 Å². The third-order valence-electron chi connectivity index (χ3n) is 3.83. The lowest BCUT2D eigenvalue weighted by Gasteiger charge is -2.33. The summed E-state index contributed by atoms with van der Waals surface area (Å²) in [5.74, 6) is 0.468. The van der Waals surface area contributed by atoms with E-state index < -0.39 is 0 Å². The number of ketones is 1. The van der Waals surface area contributed by atoms with Gasteiger partial charge in [-0.3, -0.25) is 9.69 Å². The maximum absolute atomic E-state index is 11.4. The molecule has 0 aromatic heterocycles.